The first kappa shape index (κ1) is 21.3. The van der Waals surface area contributed by atoms with Gasteiger partial charge in [0, 0.05) is 18.9 Å². The Morgan fingerprint density at radius 1 is 1.16 bits per heavy atom. The van der Waals surface area contributed by atoms with E-state index in [-0.39, 0.29) is 5.92 Å². The van der Waals surface area contributed by atoms with Crippen molar-refractivity contribution in [3.63, 3.8) is 0 Å². The van der Waals surface area contributed by atoms with E-state index < -0.39 is 11.2 Å². The zero-order chi connectivity index (χ0) is 22.0. The van der Waals surface area contributed by atoms with Crippen LogP contribution in [0.3, 0.4) is 0 Å². The number of aryl methyl sites for hydroxylation is 2. The maximum atomic E-state index is 12.6. The lowest BCUT2D eigenvalue weighted by molar-refractivity contribution is -0.124. The molecule has 0 bridgehead atoms. The number of Topliss-reactive ketones (excluding diaryl/α,β-unsaturated/α-hetero) is 1. The molecular formula is C24H30N4O3. The molecule has 1 fully saturated rings. The number of nitrogens with one attached hydrogen (secondary N) is 1. The Hall–Kier alpha value is -2.96. The highest BCUT2D eigenvalue weighted by Gasteiger charge is 2.24. The molecule has 2 heterocycles. The molecule has 2 atom stereocenters. The summed E-state index contributed by atoms with van der Waals surface area (Å²) >= 11 is 0. The molecule has 4 rings (SSSR count). The highest BCUT2D eigenvalue weighted by Crippen LogP contribution is 2.30. The molecule has 1 aromatic carbocycles. The molecule has 164 valence electrons. The number of aromatic amines is 1. The molecule has 0 spiro atoms. The molecule has 1 saturated carbocycles. The molecule has 0 saturated heterocycles. The predicted octanol–water partition coefficient (Wildman–Crippen LogP) is 3.28. The number of imidazole rings is 1. The largest absolute Gasteiger partial charge is 0.330 e. The third kappa shape index (κ3) is 4.55. The van der Waals surface area contributed by atoms with E-state index in [0.29, 0.717) is 42.4 Å². The second kappa shape index (κ2) is 9.04. The molecule has 1 aliphatic carbocycles. The van der Waals surface area contributed by atoms with Gasteiger partial charge in [0.1, 0.15) is 5.78 Å². The van der Waals surface area contributed by atoms with Crippen LogP contribution in [0.1, 0.15) is 57.1 Å². The number of hydrogen-bond donors (Lipinski definition) is 1. The fourth-order valence-electron chi connectivity index (χ4n) is 4.70. The van der Waals surface area contributed by atoms with Crippen molar-refractivity contribution in [1.82, 2.24) is 19.1 Å². The van der Waals surface area contributed by atoms with Crippen LogP contribution in [0.2, 0.25) is 0 Å². The number of rotatable bonds is 7. The van der Waals surface area contributed by atoms with Crippen molar-refractivity contribution in [1.29, 1.82) is 0 Å². The van der Waals surface area contributed by atoms with Crippen molar-refractivity contribution in [3.05, 3.63) is 62.6 Å². The van der Waals surface area contributed by atoms with Crippen LogP contribution in [0.5, 0.6) is 0 Å². The number of benzene rings is 1. The lowest BCUT2D eigenvalue weighted by atomic mass is 9.79. The normalized spacial score (nSPS) is 19.0. The van der Waals surface area contributed by atoms with Gasteiger partial charge in [0.05, 0.1) is 12.9 Å². The van der Waals surface area contributed by atoms with E-state index in [1.807, 2.05) is 31.2 Å². The van der Waals surface area contributed by atoms with Crippen molar-refractivity contribution < 1.29 is 4.79 Å². The van der Waals surface area contributed by atoms with Crippen LogP contribution in [0, 0.1) is 11.8 Å². The van der Waals surface area contributed by atoms with Gasteiger partial charge in [-0.1, -0.05) is 44.0 Å². The molecule has 0 radical (unpaired) electrons. The summed E-state index contributed by atoms with van der Waals surface area (Å²) in [6, 6.07) is 7.99. The van der Waals surface area contributed by atoms with Crippen molar-refractivity contribution in [2.75, 3.05) is 0 Å². The second-order valence-electron chi connectivity index (χ2n) is 8.80. The summed E-state index contributed by atoms with van der Waals surface area (Å²) in [5, 5.41) is 0. The van der Waals surface area contributed by atoms with Gasteiger partial charge in [0.2, 0.25) is 0 Å². The molecule has 3 aromatic rings. The summed E-state index contributed by atoms with van der Waals surface area (Å²) in [5.74, 6) is 1.29. The van der Waals surface area contributed by atoms with E-state index in [1.54, 1.807) is 10.9 Å². The quantitative estimate of drug-likeness (QED) is 0.633. The van der Waals surface area contributed by atoms with E-state index in [1.165, 1.54) is 17.4 Å². The highest BCUT2D eigenvalue weighted by atomic mass is 16.2. The third-order valence-electron chi connectivity index (χ3n) is 6.51. The Balaban J connectivity index is 1.45. The summed E-state index contributed by atoms with van der Waals surface area (Å²) < 4.78 is 3.23. The number of nitrogens with zero attached hydrogens (tertiary/aromatic N) is 3. The summed E-state index contributed by atoms with van der Waals surface area (Å²) in [5.41, 5.74) is 1.99. The molecule has 0 aliphatic heterocycles. The van der Waals surface area contributed by atoms with Gasteiger partial charge in [-0.2, -0.15) is 0 Å². The minimum absolute atomic E-state index is 0.237. The SMILES string of the molecule is CCn1cnc2c1c(=O)[nH]c(=O)n2Cc1ccc(CCC(=O)[C@@H]2CCC[C@H](C)C2)cc1. The van der Waals surface area contributed by atoms with Gasteiger partial charge in [-0.05, 0) is 43.2 Å². The summed E-state index contributed by atoms with van der Waals surface area (Å²) in [7, 11) is 0. The van der Waals surface area contributed by atoms with Crippen LogP contribution in [-0.4, -0.2) is 24.9 Å². The fraction of sp³-hybridized carbons (Fsp3) is 0.500. The van der Waals surface area contributed by atoms with Gasteiger partial charge in [0.25, 0.3) is 5.56 Å². The zero-order valence-electron chi connectivity index (χ0n) is 18.3. The number of carbonyl (C=O) groups is 1. The van der Waals surface area contributed by atoms with Crippen LogP contribution in [-0.2, 0) is 24.3 Å². The lowest BCUT2D eigenvalue weighted by Crippen LogP contribution is -2.31. The van der Waals surface area contributed by atoms with Crippen molar-refractivity contribution >= 4 is 16.9 Å². The van der Waals surface area contributed by atoms with E-state index in [4.69, 9.17) is 0 Å². The molecule has 7 nitrogen and oxygen atoms in total. The zero-order valence-corrected chi connectivity index (χ0v) is 18.3. The second-order valence-corrected chi connectivity index (χ2v) is 8.80. The number of fused-ring (bicyclic) bond motifs is 1. The van der Waals surface area contributed by atoms with Crippen molar-refractivity contribution in [2.45, 2.75) is 65.5 Å². The number of aromatic nitrogens is 4. The van der Waals surface area contributed by atoms with Gasteiger partial charge in [-0.25, -0.2) is 9.78 Å². The Kier molecular flexibility index (Phi) is 6.20. The van der Waals surface area contributed by atoms with E-state index in [9.17, 15) is 14.4 Å². The van der Waals surface area contributed by atoms with Crippen LogP contribution >= 0.6 is 0 Å². The number of H-pyrrole nitrogens is 1. The van der Waals surface area contributed by atoms with Gasteiger partial charge in [-0.3, -0.25) is 19.1 Å². The number of ketones is 1. The molecule has 0 unspecified atom stereocenters. The molecule has 1 aliphatic rings. The minimum Gasteiger partial charge on any atom is -0.325 e. The minimum atomic E-state index is -0.463. The van der Waals surface area contributed by atoms with E-state index >= 15 is 0 Å². The predicted molar refractivity (Wildman–Crippen MR) is 120 cm³/mol. The smallest absolute Gasteiger partial charge is 0.325 e. The molecule has 0 amide bonds. The average Bonchev–Trinajstić information content (AvgIpc) is 3.20. The molecular weight excluding hydrogens is 392 g/mol. The topological polar surface area (TPSA) is 89.8 Å². The Morgan fingerprint density at radius 3 is 2.61 bits per heavy atom. The number of carbonyl (C=O) groups excluding carboxylic acids is 1. The van der Waals surface area contributed by atoms with E-state index in [0.717, 1.165) is 30.4 Å². The summed E-state index contributed by atoms with van der Waals surface area (Å²) in [6.07, 6.45) is 7.41. The van der Waals surface area contributed by atoms with Gasteiger partial charge in [0.15, 0.2) is 11.2 Å². The molecule has 1 N–H and O–H groups in total. The fourth-order valence-corrected chi connectivity index (χ4v) is 4.70. The number of hydrogen-bond acceptors (Lipinski definition) is 4. The summed E-state index contributed by atoms with van der Waals surface area (Å²) in [6.45, 7) is 5.09. The van der Waals surface area contributed by atoms with Crippen LogP contribution in [0.25, 0.3) is 11.2 Å². The molecule has 7 heteroatoms. The Morgan fingerprint density at radius 2 is 1.90 bits per heavy atom. The van der Waals surface area contributed by atoms with Crippen LogP contribution in [0.15, 0.2) is 40.2 Å². The van der Waals surface area contributed by atoms with E-state index in [2.05, 4.69) is 16.9 Å². The highest BCUT2D eigenvalue weighted by molar-refractivity contribution is 5.81. The maximum absolute atomic E-state index is 12.6. The first-order chi connectivity index (χ1) is 15.0. The monoisotopic (exact) mass is 422 g/mol. The Labute approximate surface area is 181 Å². The lowest BCUT2D eigenvalue weighted by Gasteiger charge is -2.25. The standard InChI is InChI=1S/C24H30N4O3/c1-3-27-15-25-22-21(27)23(30)26-24(31)28(22)14-18-9-7-17(8-10-18)11-12-20(29)19-6-4-5-16(2)13-19/h7-10,15-16,19H,3-6,11-14H2,1-2H3,(H,26,30,31)/t16-,19+/m0/s1. The van der Waals surface area contributed by atoms with Crippen molar-refractivity contribution in [2.24, 2.45) is 11.8 Å². The van der Waals surface area contributed by atoms with Crippen LogP contribution < -0.4 is 11.2 Å². The van der Waals surface area contributed by atoms with Crippen molar-refractivity contribution in [3.8, 4) is 0 Å². The summed E-state index contributed by atoms with van der Waals surface area (Å²) in [4.78, 5) is 43.8. The first-order valence-electron chi connectivity index (χ1n) is 11.2. The van der Waals surface area contributed by atoms with Gasteiger partial charge >= 0.3 is 5.69 Å². The Bertz CT molecular complexity index is 1190. The molecule has 31 heavy (non-hydrogen) atoms. The maximum Gasteiger partial charge on any atom is 0.330 e. The van der Waals surface area contributed by atoms with Gasteiger partial charge < -0.3 is 4.57 Å². The average molecular weight is 423 g/mol. The third-order valence-corrected chi connectivity index (χ3v) is 6.51. The van der Waals surface area contributed by atoms with Crippen LogP contribution in [0.4, 0.5) is 0 Å². The van der Waals surface area contributed by atoms with Gasteiger partial charge in [-0.15, -0.1) is 0 Å². The molecule has 2 aromatic heterocycles. The first-order valence-corrected chi connectivity index (χ1v) is 11.2.